The molecular weight excluding hydrogens is 236 g/mol. The van der Waals surface area contributed by atoms with E-state index in [1.165, 1.54) is 0 Å². The summed E-state index contributed by atoms with van der Waals surface area (Å²) in [5, 5.41) is 0. The zero-order valence-corrected chi connectivity index (χ0v) is 11.6. The van der Waals surface area contributed by atoms with Gasteiger partial charge in [-0.05, 0) is 25.5 Å². The van der Waals surface area contributed by atoms with Gasteiger partial charge in [0.2, 0.25) is 0 Å². The van der Waals surface area contributed by atoms with Crippen LogP contribution in [-0.4, -0.2) is 12.9 Å². The molecule has 98 valence electrons. The van der Waals surface area contributed by atoms with Crippen molar-refractivity contribution < 1.29 is 9.53 Å². The van der Waals surface area contributed by atoms with Gasteiger partial charge in [0, 0.05) is 17.6 Å². The molecule has 0 aromatic heterocycles. The molecule has 2 rings (SSSR count). The average molecular weight is 254 g/mol. The molecule has 1 aromatic rings. The fourth-order valence-corrected chi connectivity index (χ4v) is 2.11. The summed E-state index contributed by atoms with van der Waals surface area (Å²) in [6.07, 6.45) is 6.55. The second-order valence-corrected chi connectivity index (χ2v) is 4.72. The third kappa shape index (κ3) is 3.02. The molecule has 1 aromatic carbocycles. The summed E-state index contributed by atoms with van der Waals surface area (Å²) in [7, 11) is 1.64. The minimum Gasteiger partial charge on any atom is -0.501 e. The Kier molecular flexibility index (Phi) is 4.00. The number of allylic oxidation sites excluding steroid dienone is 6. The number of fused-ring (bicyclic) bond motifs is 1. The highest BCUT2D eigenvalue weighted by Crippen LogP contribution is 2.26. The lowest BCUT2D eigenvalue weighted by Gasteiger charge is -1.97. The number of Topliss-reactive ketones (excluding diaryl/α,β-unsaturated/α-hetero) is 1. The number of carbonyl (C=O) groups is 1. The molecule has 2 heteroatoms. The van der Waals surface area contributed by atoms with Crippen LogP contribution >= 0.6 is 0 Å². The zero-order chi connectivity index (χ0) is 13.8. The number of methoxy groups -OCH3 is 1. The van der Waals surface area contributed by atoms with Gasteiger partial charge in [-0.3, -0.25) is 4.79 Å². The fourth-order valence-electron chi connectivity index (χ4n) is 2.11. The Morgan fingerprint density at radius 1 is 1.21 bits per heavy atom. The molecule has 1 aliphatic rings. The maximum atomic E-state index is 12.2. The van der Waals surface area contributed by atoms with E-state index in [9.17, 15) is 4.79 Å². The lowest BCUT2D eigenvalue weighted by molar-refractivity contribution is 0.103. The molecule has 19 heavy (non-hydrogen) atoms. The van der Waals surface area contributed by atoms with E-state index in [1.54, 1.807) is 7.11 Å². The largest absolute Gasteiger partial charge is 0.501 e. The molecule has 0 bridgehead atoms. The van der Waals surface area contributed by atoms with Crippen molar-refractivity contribution >= 4 is 5.78 Å². The molecule has 0 amide bonds. The van der Waals surface area contributed by atoms with Crippen molar-refractivity contribution in [3.05, 3.63) is 70.5 Å². The number of ether oxygens (including phenoxy) is 1. The van der Waals surface area contributed by atoms with Gasteiger partial charge in [0.1, 0.15) is 0 Å². The van der Waals surface area contributed by atoms with Crippen molar-refractivity contribution in [3.8, 4) is 0 Å². The molecule has 0 aliphatic heterocycles. The number of carbonyl (C=O) groups excluding carboxylic acids is 1. The third-order valence-corrected chi connectivity index (χ3v) is 3.24. The number of rotatable bonds is 3. The van der Waals surface area contributed by atoms with E-state index in [-0.39, 0.29) is 5.78 Å². The van der Waals surface area contributed by atoms with Crippen LogP contribution in [0, 0.1) is 0 Å². The predicted octanol–water partition coefficient (Wildman–Crippen LogP) is 3.85. The van der Waals surface area contributed by atoms with Crippen molar-refractivity contribution in [2.75, 3.05) is 7.11 Å². The molecule has 0 radical (unpaired) electrons. The molecule has 0 spiro atoms. The number of hydrogen-bond acceptors (Lipinski definition) is 2. The average Bonchev–Trinajstić information content (AvgIpc) is 2.73. The van der Waals surface area contributed by atoms with Crippen LogP contribution in [-0.2, 0) is 11.2 Å². The molecule has 0 saturated heterocycles. The third-order valence-electron chi connectivity index (χ3n) is 3.24. The molecule has 0 saturated carbocycles. The predicted molar refractivity (Wildman–Crippen MR) is 77.1 cm³/mol. The molecule has 0 unspecified atom stereocenters. The molecule has 0 N–H and O–H groups in total. The van der Waals surface area contributed by atoms with E-state index < -0.39 is 0 Å². The molecule has 0 atom stereocenters. The van der Waals surface area contributed by atoms with Crippen molar-refractivity contribution in [3.63, 3.8) is 0 Å². The first-order valence-electron chi connectivity index (χ1n) is 6.34. The minimum atomic E-state index is 0.149. The van der Waals surface area contributed by atoms with E-state index in [0.29, 0.717) is 0 Å². The van der Waals surface area contributed by atoms with Crippen molar-refractivity contribution in [1.29, 1.82) is 0 Å². The number of benzene rings is 1. The summed E-state index contributed by atoms with van der Waals surface area (Å²) < 4.78 is 5.07. The normalized spacial score (nSPS) is 17.8. The van der Waals surface area contributed by atoms with E-state index in [1.807, 2.05) is 56.3 Å². The Morgan fingerprint density at radius 2 is 1.95 bits per heavy atom. The monoisotopic (exact) mass is 254 g/mol. The van der Waals surface area contributed by atoms with Crippen LogP contribution in [0.2, 0.25) is 0 Å². The van der Waals surface area contributed by atoms with Gasteiger partial charge < -0.3 is 4.74 Å². The minimum absolute atomic E-state index is 0.149. The Bertz CT molecular complexity index is 589. The Labute approximate surface area is 114 Å². The van der Waals surface area contributed by atoms with Crippen LogP contribution in [0.15, 0.2) is 59.4 Å². The fraction of sp³-hybridized carbons (Fsp3) is 0.235. The van der Waals surface area contributed by atoms with Gasteiger partial charge in [0.25, 0.3) is 0 Å². The van der Waals surface area contributed by atoms with Crippen LogP contribution in [0.3, 0.4) is 0 Å². The summed E-state index contributed by atoms with van der Waals surface area (Å²) in [4.78, 5) is 12.2. The maximum Gasteiger partial charge on any atom is 0.189 e. The summed E-state index contributed by atoms with van der Waals surface area (Å²) in [6, 6.07) is 7.80. The second kappa shape index (κ2) is 5.70. The van der Waals surface area contributed by atoms with Gasteiger partial charge >= 0.3 is 0 Å². The van der Waals surface area contributed by atoms with E-state index in [4.69, 9.17) is 4.74 Å². The Hall–Kier alpha value is -2.09. The van der Waals surface area contributed by atoms with Gasteiger partial charge in [-0.25, -0.2) is 0 Å². The lowest BCUT2D eigenvalue weighted by Crippen LogP contribution is -1.95. The standard InChI is InChI=1S/C17H18O2/c1-12(8-9-13(2)19-3)10-15-11-14-6-4-5-7-16(14)17(15)18/h4-10H,11H2,1-3H3/b12-8+,13-9+,15-10+. The summed E-state index contributed by atoms with van der Waals surface area (Å²) in [6.45, 7) is 3.89. The Balaban J connectivity index is 2.22. The van der Waals surface area contributed by atoms with Crippen LogP contribution in [0.1, 0.15) is 29.8 Å². The zero-order valence-electron chi connectivity index (χ0n) is 11.6. The van der Waals surface area contributed by atoms with Crippen LogP contribution in [0.25, 0.3) is 0 Å². The second-order valence-electron chi connectivity index (χ2n) is 4.72. The quantitative estimate of drug-likeness (QED) is 0.465. The molecule has 2 nitrogen and oxygen atoms in total. The lowest BCUT2D eigenvalue weighted by atomic mass is 10.1. The molecular formula is C17H18O2. The van der Waals surface area contributed by atoms with Crippen molar-refractivity contribution in [1.82, 2.24) is 0 Å². The molecule has 0 heterocycles. The maximum absolute atomic E-state index is 12.2. The first-order valence-corrected chi connectivity index (χ1v) is 6.34. The van der Waals surface area contributed by atoms with E-state index in [2.05, 4.69) is 0 Å². The highest BCUT2D eigenvalue weighted by molar-refractivity contribution is 6.13. The van der Waals surface area contributed by atoms with Crippen LogP contribution < -0.4 is 0 Å². The molecule has 0 fully saturated rings. The van der Waals surface area contributed by atoms with Crippen LogP contribution in [0.4, 0.5) is 0 Å². The van der Waals surface area contributed by atoms with Gasteiger partial charge in [0.15, 0.2) is 5.78 Å². The van der Waals surface area contributed by atoms with Gasteiger partial charge in [-0.15, -0.1) is 0 Å². The first-order chi connectivity index (χ1) is 9.11. The van der Waals surface area contributed by atoms with Gasteiger partial charge in [-0.2, -0.15) is 0 Å². The Morgan fingerprint density at radius 3 is 2.63 bits per heavy atom. The van der Waals surface area contributed by atoms with Gasteiger partial charge in [0.05, 0.1) is 12.9 Å². The van der Waals surface area contributed by atoms with Gasteiger partial charge in [-0.1, -0.05) is 42.0 Å². The van der Waals surface area contributed by atoms with Crippen LogP contribution in [0.5, 0.6) is 0 Å². The highest BCUT2D eigenvalue weighted by Gasteiger charge is 2.23. The topological polar surface area (TPSA) is 26.3 Å². The smallest absolute Gasteiger partial charge is 0.189 e. The van der Waals surface area contributed by atoms with E-state index >= 15 is 0 Å². The summed E-state index contributed by atoms with van der Waals surface area (Å²) >= 11 is 0. The number of ketones is 1. The highest BCUT2D eigenvalue weighted by atomic mass is 16.5. The molecule has 1 aliphatic carbocycles. The summed E-state index contributed by atoms with van der Waals surface area (Å²) in [5.74, 6) is 0.995. The SMILES string of the molecule is CO/C(C)=C/C=C(C)/C=C1\Cc2ccccc2C1=O. The number of hydrogen-bond donors (Lipinski definition) is 0. The van der Waals surface area contributed by atoms with Crippen molar-refractivity contribution in [2.45, 2.75) is 20.3 Å². The first kappa shape index (κ1) is 13.3. The van der Waals surface area contributed by atoms with Crippen molar-refractivity contribution in [2.24, 2.45) is 0 Å². The van der Waals surface area contributed by atoms with E-state index in [0.717, 1.165) is 34.5 Å². The summed E-state index contributed by atoms with van der Waals surface area (Å²) in [5.41, 5.74) is 3.87.